The molecular formula is C16H18F2N2O3S. The molecule has 1 aromatic rings. The maximum Gasteiger partial charge on any atom is 0.387 e. The van der Waals surface area contributed by atoms with E-state index in [2.05, 4.69) is 15.4 Å². The first-order valence-electron chi connectivity index (χ1n) is 7.40. The number of thiocarbonyl (C=S) groups is 1. The van der Waals surface area contributed by atoms with Crippen LogP contribution in [0.5, 0.6) is 5.75 Å². The molecule has 0 amide bonds. The van der Waals surface area contributed by atoms with Gasteiger partial charge in [-0.1, -0.05) is 31.5 Å². The van der Waals surface area contributed by atoms with Crippen LogP contribution in [-0.2, 0) is 9.53 Å². The number of allylic oxidation sites excluding steroid dienone is 1. The number of halogens is 2. The Morgan fingerprint density at radius 3 is 2.71 bits per heavy atom. The predicted octanol–water partition coefficient (Wildman–Crippen LogP) is 3.03. The number of carbonyl (C=O) groups is 1. The Balaban J connectivity index is 2.55. The molecule has 8 heteroatoms. The number of ether oxygens (including phenoxy) is 2. The number of hydrogen-bond donors (Lipinski definition) is 2. The van der Waals surface area contributed by atoms with Crippen LogP contribution in [0.3, 0.4) is 0 Å². The second-order valence-corrected chi connectivity index (χ2v) is 5.49. The van der Waals surface area contributed by atoms with Crippen molar-refractivity contribution in [2.24, 2.45) is 0 Å². The van der Waals surface area contributed by atoms with Gasteiger partial charge in [-0.05, 0) is 24.7 Å². The van der Waals surface area contributed by atoms with E-state index in [1.807, 2.05) is 6.92 Å². The molecule has 1 aliphatic rings. The highest BCUT2D eigenvalue weighted by molar-refractivity contribution is 7.80. The number of hydrogen-bond acceptors (Lipinski definition) is 4. The summed E-state index contributed by atoms with van der Waals surface area (Å²) in [5.74, 6) is -0.579. The molecule has 5 nitrogen and oxygen atoms in total. The normalized spacial score (nSPS) is 17.4. The Kier molecular flexibility index (Phi) is 6.08. The zero-order chi connectivity index (χ0) is 17.7. The first-order chi connectivity index (χ1) is 11.5. The highest BCUT2D eigenvalue weighted by Gasteiger charge is 2.33. The van der Waals surface area contributed by atoms with Crippen molar-refractivity contribution in [1.82, 2.24) is 10.6 Å². The maximum atomic E-state index is 12.7. The summed E-state index contributed by atoms with van der Waals surface area (Å²) in [6, 6.07) is 5.55. The highest BCUT2D eigenvalue weighted by Crippen LogP contribution is 2.35. The van der Waals surface area contributed by atoms with Crippen LogP contribution in [0.2, 0.25) is 0 Å². The summed E-state index contributed by atoms with van der Waals surface area (Å²) in [5, 5.41) is 6.20. The topological polar surface area (TPSA) is 59.6 Å². The van der Waals surface area contributed by atoms with Crippen molar-refractivity contribution >= 4 is 23.3 Å². The highest BCUT2D eigenvalue weighted by atomic mass is 32.1. The van der Waals surface area contributed by atoms with Gasteiger partial charge in [-0.3, -0.25) is 0 Å². The summed E-state index contributed by atoms with van der Waals surface area (Å²) >= 11 is 5.18. The second-order valence-electron chi connectivity index (χ2n) is 5.08. The van der Waals surface area contributed by atoms with Crippen molar-refractivity contribution in [1.29, 1.82) is 0 Å². The van der Waals surface area contributed by atoms with Gasteiger partial charge in [-0.2, -0.15) is 8.78 Å². The van der Waals surface area contributed by atoms with Crippen molar-refractivity contribution in [2.45, 2.75) is 32.4 Å². The van der Waals surface area contributed by atoms with Crippen molar-refractivity contribution in [2.75, 3.05) is 7.11 Å². The number of esters is 1. The van der Waals surface area contributed by atoms with Gasteiger partial charge in [0.2, 0.25) is 0 Å². The Bertz CT molecular complexity index is 664. The summed E-state index contributed by atoms with van der Waals surface area (Å²) in [4.78, 5) is 12.3. The maximum absolute atomic E-state index is 12.7. The average molecular weight is 356 g/mol. The van der Waals surface area contributed by atoms with Gasteiger partial charge in [0.15, 0.2) is 5.11 Å². The monoisotopic (exact) mass is 356 g/mol. The fraction of sp³-hybridized carbons (Fsp3) is 0.375. The molecule has 1 atom stereocenters. The van der Waals surface area contributed by atoms with Crippen molar-refractivity contribution < 1.29 is 23.0 Å². The number of methoxy groups -OCH3 is 1. The van der Waals surface area contributed by atoms with Crippen molar-refractivity contribution in [3.63, 3.8) is 0 Å². The van der Waals surface area contributed by atoms with E-state index in [0.29, 0.717) is 28.4 Å². The lowest BCUT2D eigenvalue weighted by Crippen LogP contribution is -2.45. The van der Waals surface area contributed by atoms with E-state index in [4.69, 9.17) is 17.0 Å². The third-order valence-corrected chi connectivity index (χ3v) is 3.72. The lowest BCUT2D eigenvalue weighted by molar-refractivity contribution is -0.136. The standard InChI is InChI=1S/C16H18F2N2O3S/c1-3-6-10-12(14(21)22-2)13(20-16(24)19-10)9-7-4-5-8-11(9)23-15(17)18/h4-5,7-8,13,15H,3,6H2,1-2H3,(H2,19,20,24)/t13-/m1/s1. The Morgan fingerprint density at radius 2 is 2.08 bits per heavy atom. The Hall–Kier alpha value is -2.22. The largest absolute Gasteiger partial charge is 0.466 e. The fourth-order valence-corrected chi connectivity index (χ4v) is 2.81. The molecule has 1 aromatic carbocycles. The summed E-state index contributed by atoms with van der Waals surface area (Å²) < 4.78 is 34.8. The Morgan fingerprint density at radius 1 is 1.38 bits per heavy atom. The van der Waals surface area contributed by atoms with Crippen LogP contribution in [-0.4, -0.2) is 24.8 Å². The first-order valence-corrected chi connectivity index (χ1v) is 7.81. The molecule has 2 rings (SSSR count). The van der Waals surface area contributed by atoms with Crippen LogP contribution in [0.4, 0.5) is 8.78 Å². The van der Waals surface area contributed by atoms with Crippen molar-refractivity contribution in [3.05, 3.63) is 41.1 Å². The van der Waals surface area contributed by atoms with Crippen LogP contribution in [0.25, 0.3) is 0 Å². The number of alkyl halides is 2. The first kappa shape index (κ1) is 18.1. The molecule has 0 aliphatic carbocycles. The molecule has 130 valence electrons. The van der Waals surface area contributed by atoms with Crippen molar-refractivity contribution in [3.8, 4) is 5.75 Å². The number of nitrogens with one attached hydrogen (secondary N) is 2. The zero-order valence-corrected chi connectivity index (χ0v) is 14.1. The van der Waals surface area contributed by atoms with E-state index in [9.17, 15) is 13.6 Å². The van der Waals surface area contributed by atoms with Crippen LogP contribution in [0, 0.1) is 0 Å². The molecule has 0 saturated carbocycles. The minimum absolute atomic E-state index is 0.0213. The molecule has 0 bridgehead atoms. The predicted molar refractivity (Wildman–Crippen MR) is 88.6 cm³/mol. The van der Waals surface area contributed by atoms with E-state index in [1.54, 1.807) is 18.2 Å². The number of carbonyl (C=O) groups excluding carboxylic acids is 1. The van der Waals surface area contributed by atoms with E-state index in [0.717, 1.165) is 6.42 Å². The third kappa shape index (κ3) is 4.00. The molecule has 0 spiro atoms. The molecule has 24 heavy (non-hydrogen) atoms. The van der Waals surface area contributed by atoms with Gasteiger partial charge in [0.05, 0.1) is 18.7 Å². The van der Waals surface area contributed by atoms with Gasteiger partial charge in [-0.25, -0.2) is 4.79 Å². The molecule has 2 N–H and O–H groups in total. The van der Waals surface area contributed by atoms with Crippen LogP contribution < -0.4 is 15.4 Å². The van der Waals surface area contributed by atoms with Crippen LogP contribution in [0.15, 0.2) is 35.5 Å². The number of benzene rings is 1. The van der Waals surface area contributed by atoms with Gasteiger partial charge in [0, 0.05) is 11.3 Å². The van der Waals surface area contributed by atoms with E-state index < -0.39 is 18.6 Å². The quantitative estimate of drug-likeness (QED) is 0.604. The lowest BCUT2D eigenvalue weighted by atomic mass is 9.93. The summed E-state index contributed by atoms with van der Waals surface area (Å²) in [6.45, 7) is -1.02. The van der Waals surface area contributed by atoms with Gasteiger partial charge in [0.1, 0.15) is 5.75 Å². The molecule has 1 heterocycles. The number of para-hydroxylation sites is 1. The zero-order valence-electron chi connectivity index (χ0n) is 13.3. The van der Waals surface area contributed by atoms with Gasteiger partial charge in [-0.15, -0.1) is 0 Å². The van der Waals surface area contributed by atoms with E-state index in [-0.39, 0.29) is 5.75 Å². The summed E-state index contributed by atoms with van der Waals surface area (Å²) in [7, 11) is 1.27. The molecule has 0 aromatic heterocycles. The molecule has 0 radical (unpaired) electrons. The third-order valence-electron chi connectivity index (χ3n) is 3.51. The molecule has 1 aliphatic heterocycles. The molecular weight excluding hydrogens is 338 g/mol. The van der Waals surface area contributed by atoms with E-state index in [1.165, 1.54) is 13.2 Å². The lowest BCUT2D eigenvalue weighted by Gasteiger charge is -2.31. The van der Waals surface area contributed by atoms with Gasteiger partial charge >= 0.3 is 12.6 Å². The summed E-state index contributed by atoms with van der Waals surface area (Å²) in [5.41, 5.74) is 1.30. The number of rotatable bonds is 6. The van der Waals surface area contributed by atoms with Crippen LogP contribution in [0.1, 0.15) is 31.4 Å². The van der Waals surface area contributed by atoms with Gasteiger partial charge in [0.25, 0.3) is 0 Å². The molecule has 0 saturated heterocycles. The smallest absolute Gasteiger partial charge is 0.387 e. The molecule has 0 fully saturated rings. The SMILES string of the molecule is CCCC1=C(C(=O)OC)[C@@H](c2ccccc2OC(F)F)NC(=S)N1. The van der Waals surface area contributed by atoms with E-state index >= 15 is 0 Å². The molecule has 0 unspecified atom stereocenters. The average Bonchev–Trinajstić information content (AvgIpc) is 2.54. The Labute approximate surface area is 144 Å². The fourth-order valence-electron chi connectivity index (χ4n) is 2.57. The second kappa shape index (κ2) is 8.05. The van der Waals surface area contributed by atoms with Crippen LogP contribution >= 0.6 is 12.2 Å². The summed E-state index contributed by atoms with van der Waals surface area (Å²) in [6.07, 6.45) is 1.34. The minimum atomic E-state index is -2.97. The minimum Gasteiger partial charge on any atom is -0.466 e. The van der Waals surface area contributed by atoms with Gasteiger partial charge < -0.3 is 20.1 Å².